The van der Waals surface area contributed by atoms with Crippen molar-refractivity contribution in [3.8, 4) is 17.4 Å². The molecule has 2 aromatic carbocycles. The van der Waals surface area contributed by atoms with E-state index in [0.717, 1.165) is 22.1 Å². The number of amides is 1. The summed E-state index contributed by atoms with van der Waals surface area (Å²) >= 11 is 3.52. The molecule has 0 radical (unpaired) electrons. The van der Waals surface area contributed by atoms with Gasteiger partial charge in [0.25, 0.3) is 5.91 Å². The SMILES string of the molecule is CC(C)(C)OC(=O)CNC(=O)c1cnc(N2CCc3cc(Br)ccc32)nc1OCc1ccc2c(c1)OCO2. The number of hydrogen-bond donors (Lipinski definition) is 1. The molecule has 3 aromatic rings. The van der Waals surface area contributed by atoms with Crippen LogP contribution in [0, 0.1) is 0 Å². The van der Waals surface area contributed by atoms with E-state index in [-0.39, 0.29) is 31.4 Å². The number of nitrogens with one attached hydrogen (secondary N) is 1. The van der Waals surface area contributed by atoms with Gasteiger partial charge >= 0.3 is 5.97 Å². The Hall–Kier alpha value is -3.86. The number of carbonyl (C=O) groups excluding carboxylic acids is 2. The molecule has 38 heavy (non-hydrogen) atoms. The zero-order chi connectivity index (χ0) is 26.9. The molecule has 1 aromatic heterocycles. The summed E-state index contributed by atoms with van der Waals surface area (Å²) in [4.78, 5) is 36.2. The number of hydrogen-bond acceptors (Lipinski definition) is 9. The van der Waals surface area contributed by atoms with Crippen LogP contribution >= 0.6 is 15.9 Å². The third kappa shape index (κ3) is 5.83. The molecule has 198 valence electrons. The number of halogens is 1. The summed E-state index contributed by atoms with van der Waals surface area (Å²) in [6.45, 7) is 5.98. The molecule has 0 atom stereocenters. The molecule has 0 unspecified atom stereocenters. The minimum atomic E-state index is -0.660. The van der Waals surface area contributed by atoms with E-state index < -0.39 is 17.5 Å². The summed E-state index contributed by atoms with van der Waals surface area (Å²) in [6, 6.07) is 11.5. The highest BCUT2D eigenvalue weighted by atomic mass is 79.9. The lowest BCUT2D eigenvalue weighted by atomic mass is 10.2. The third-order valence-corrected chi connectivity index (χ3v) is 6.28. The van der Waals surface area contributed by atoms with E-state index >= 15 is 0 Å². The van der Waals surface area contributed by atoms with Gasteiger partial charge in [-0.1, -0.05) is 22.0 Å². The van der Waals surface area contributed by atoms with E-state index in [1.54, 1.807) is 26.8 Å². The predicted molar refractivity (Wildman–Crippen MR) is 142 cm³/mol. The number of carbonyl (C=O) groups is 2. The maximum Gasteiger partial charge on any atom is 0.325 e. The third-order valence-electron chi connectivity index (χ3n) is 5.79. The van der Waals surface area contributed by atoms with Crippen LogP contribution in [0.2, 0.25) is 0 Å². The van der Waals surface area contributed by atoms with E-state index in [4.69, 9.17) is 18.9 Å². The van der Waals surface area contributed by atoms with Gasteiger partial charge in [0.05, 0.1) is 0 Å². The normalized spacial score (nSPS) is 13.7. The topological polar surface area (TPSA) is 112 Å². The van der Waals surface area contributed by atoms with Gasteiger partial charge in [0.1, 0.15) is 24.3 Å². The maximum absolute atomic E-state index is 13.0. The highest BCUT2D eigenvalue weighted by Gasteiger charge is 2.26. The van der Waals surface area contributed by atoms with Gasteiger partial charge in [-0.3, -0.25) is 9.59 Å². The standard InChI is InChI=1S/C27H27BrN4O6/c1-27(2,3)38-23(33)13-29-24(34)19-12-30-26(32-9-8-17-11-18(28)5-6-20(17)32)31-25(19)35-14-16-4-7-21-22(10-16)37-15-36-21/h4-7,10-12H,8-9,13-15H2,1-3H3,(H,29,34). The zero-order valence-corrected chi connectivity index (χ0v) is 22.8. The molecule has 0 spiro atoms. The number of anilines is 2. The van der Waals surface area contributed by atoms with Crippen LogP contribution in [0.25, 0.3) is 0 Å². The lowest BCUT2D eigenvalue weighted by molar-refractivity contribution is -0.153. The number of ether oxygens (including phenoxy) is 4. The fraction of sp³-hybridized carbons (Fsp3) is 0.333. The van der Waals surface area contributed by atoms with Gasteiger partial charge in [-0.25, -0.2) is 4.98 Å². The van der Waals surface area contributed by atoms with Crippen molar-refractivity contribution < 1.29 is 28.5 Å². The first-order valence-corrected chi connectivity index (χ1v) is 12.9. The van der Waals surface area contributed by atoms with Gasteiger partial charge in [-0.2, -0.15) is 4.98 Å². The smallest absolute Gasteiger partial charge is 0.325 e. The summed E-state index contributed by atoms with van der Waals surface area (Å²) < 4.78 is 23.1. The Morgan fingerprint density at radius 2 is 1.95 bits per heavy atom. The lowest BCUT2D eigenvalue weighted by Gasteiger charge is -2.20. The van der Waals surface area contributed by atoms with Gasteiger partial charge in [-0.05, 0) is 68.7 Å². The quantitative estimate of drug-likeness (QED) is 0.407. The molecule has 2 aliphatic heterocycles. The Balaban J connectivity index is 1.38. The molecular formula is C27H27BrN4O6. The number of nitrogens with zero attached hydrogens (tertiary/aromatic N) is 3. The first-order valence-electron chi connectivity index (χ1n) is 12.1. The fourth-order valence-electron chi connectivity index (χ4n) is 4.14. The molecule has 0 aliphatic carbocycles. The predicted octanol–water partition coefficient (Wildman–Crippen LogP) is 4.31. The largest absolute Gasteiger partial charge is 0.472 e. The monoisotopic (exact) mass is 582 g/mol. The van der Waals surface area contributed by atoms with E-state index in [1.807, 2.05) is 29.2 Å². The molecule has 10 nitrogen and oxygen atoms in total. The van der Waals surface area contributed by atoms with Crippen LogP contribution in [0.4, 0.5) is 11.6 Å². The highest BCUT2D eigenvalue weighted by molar-refractivity contribution is 9.10. The summed E-state index contributed by atoms with van der Waals surface area (Å²) in [5.41, 5.74) is 2.42. The van der Waals surface area contributed by atoms with E-state index in [2.05, 4.69) is 37.3 Å². The van der Waals surface area contributed by atoms with Gasteiger partial charge < -0.3 is 29.2 Å². The van der Waals surface area contributed by atoms with Crippen molar-refractivity contribution in [3.63, 3.8) is 0 Å². The van der Waals surface area contributed by atoms with Crippen molar-refractivity contribution in [1.82, 2.24) is 15.3 Å². The summed E-state index contributed by atoms with van der Waals surface area (Å²) in [5.74, 6) is 0.708. The average Bonchev–Trinajstić information content (AvgIpc) is 3.51. The molecule has 1 N–H and O–H groups in total. The maximum atomic E-state index is 13.0. The van der Waals surface area contributed by atoms with Crippen LogP contribution in [-0.4, -0.2) is 47.3 Å². The summed E-state index contributed by atoms with van der Waals surface area (Å²) in [7, 11) is 0. The average molecular weight is 583 g/mol. The lowest BCUT2D eigenvalue weighted by Crippen LogP contribution is -2.35. The van der Waals surface area contributed by atoms with Crippen LogP contribution in [0.15, 0.2) is 47.1 Å². The van der Waals surface area contributed by atoms with E-state index in [9.17, 15) is 9.59 Å². The van der Waals surface area contributed by atoms with Gasteiger partial charge in [-0.15, -0.1) is 0 Å². The van der Waals surface area contributed by atoms with Gasteiger partial charge in [0.15, 0.2) is 11.5 Å². The Morgan fingerprint density at radius 1 is 1.13 bits per heavy atom. The molecule has 5 rings (SSSR count). The molecule has 0 bridgehead atoms. The van der Waals surface area contributed by atoms with Crippen molar-refractivity contribution in [1.29, 1.82) is 0 Å². The molecule has 2 aliphatic rings. The molecule has 11 heteroatoms. The number of benzene rings is 2. The van der Waals surface area contributed by atoms with Crippen molar-refractivity contribution >= 4 is 39.4 Å². The minimum absolute atomic E-state index is 0.0971. The Labute approximate surface area is 228 Å². The zero-order valence-electron chi connectivity index (χ0n) is 21.2. The van der Waals surface area contributed by atoms with E-state index in [0.29, 0.717) is 24.0 Å². The van der Waals surface area contributed by atoms with Crippen molar-refractivity contribution in [3.05, 3.63) is 63.8 Å². The first-order chi connectivity index (χ1) is 18.2. The Kier molecular flexibility index (Phi) is 7.11. The van der Waals surface area contributed by atoms with Crippen molar-refractivity contribution in [2.24, 2.45) is 0 Å². The van der Waals surface area contributed by atoms with Crippen molar-refractivity contribution in [2.75, 3.05) is 24.8 Å². The first kappa shape index (κ1) is 25.8. The van der Waals surface area contributed by atoms with Crippen LogP contribution in [0.5, 0.6) is 17.4 Å². The second-order valence-corrected chi connectivity index (χ2v) is 10.7. The van der Waals surface area contributed by atoms with Crippen LogP contribution in [0.1, 0.15) is 42.3 Å². The second-order valence-electron chi connectivity index (χ2n) is 9.81. The number of rotatable bonds is 7. The number of aromatic nitrogens is 2. The summed E-state index contributed by atoms with van der Waals surface area (Å²) in [6.07, 6.45) is 2.25. The Morgan fingerprint density at radius 3 is 2.76 bits per heavy atom. The molecule has 0 saturated carbocycles. The fourth-order valence-corrected chi connectivity index (χ4v) is 4.55. The number of fused-ring (bicyclic) bond motifs is 2. The highest BCUT2D eigenvalue weighted by Crippen LogP contribution is 2.36. The molecular weight excluding hydrogens is 556 g/mol. The molecule has 0 fully saturated rings. The van der Waals surface area contributed by atoms with Crippen LogP contribution < -0.4 is 24.4 Å². The molecule has 1 amide bonds. The molecule has 3 heterocycles. The Bertz CT molecular complexity index is 1390. The van der Waals surface area contributed by atoms with Crippen LogP contribution in [0.3, 0.4) is 0 Å². The van der Waals surface area contributed by atoms with E-state index in [1.165, 1.54) is 11.8 Å². The molecule has 0 saturated heterocycles. The van der Waals surface area contributed by atoms with Gasteiger partial charge in [0, 0.05) is 22.9 Å². The minimum Gasteiger partial charge on any atom is -0.472 e. The number of esters is 1. The van der Waals surface area contributed by atoms with Crippen molar-refractivity contribution in [2.45, 2.75) is 39.4 Å². The van der Waals surface area contributed by atoms with Crippen LogP contribution in [-0.2, 0) is 22.6 Å². The van der Waals surface area contributed by atoms with Gasteiger partial charge in [0.2, 0.25) is 18.6 Å². The summed E-state index contributed by atoms with van der Waals surface area (Å²) in [5, 5.41) is 2.58. The second kappa shape index (κ2) is 10.5.